The Morgan fingerprint density at radius 3 is 1.75 bits per heavy atom. The van der Waals surface area contributed by atoms with E-state index in [1.54, 1.807) is 0 Å². The third-order valence-electron chi connectivity index (χ3n) is 12.6. The summed E-state index contributed by atoms with van der Waals surface area (Å²) in [6.07, 6.45) is 0. The second kappa shape index (κ2) is 12.5. The second-order valence-electron chi connectivity index (χ2n) is 15.9. The molecule has 282 valence electrons. The van der Waals surface area contributed by atoms with Crippen molar-refractivity contribution in [2.24, 2.45) is 0 Å². The first-order valence-electron chi connectivity index (χ1n) is 20.5. The van der Waals surface area contributed by atoms with Crippen molar-refractivity contribution in [1.29, 1.82) is 0 Å². The second-order valence-corrected chi connectivity index (χ2v) is 18.1. The summed E-state index contributed by atoms with van der Waals surface area (Å²) in [4.78, 5) is 15.8. The number of hydrogen-bond acceptors (Lipinski definition) is 5. The minimum Gasteiger partial charge on any atom is -0.308 e. The minimum atomic E-state index is 0.648. The summed E-state index contributed by atoms with van der Waals surface area (Å²) in [5.74, 6) is 1.98. The average molecular weight is 811 g/mol. The van der Waals surface area contributed by atoms with Crippen molar-refractivity contribution < 1.29 is 0 Å². The van der Waals surface area contributed by atoms with Gasteiger partial charge < -0.3 is 4.40 Å². The molecule has 5 heterocycles. The van der Waals surface area contributed by atoms with Gasteiger partial charge in [-0.3, -0.25) is 0 Å². The van der Waals surface area contributed by atoms with E-state index in [1.165, 1.54) is 94.8 Å². The molecule has 14 aromatic rings. The van der Waals surface area contributed by atoms with Gasteiger partial charge in [0, 0.05) is 78.6 Å². The number of rotatable bonds is 4. The lowest BCUT2D eigenvalue weighted by Crippen LogP contribution is -2.00. The highest BCUT2D eigenvalue weighted by atomic mass is 32.1. The standard InChI is InChI=1S/C55H30N4S2/c1-3-21-45-36(12-1)42-30-34(28-29-47(42)60-45)54-56-53(57-55(58-54)41-18-9-23-48-51(41)39-13-2-4-22-46(39)61-48)33-26-24-31(25-27-33)35-14-8-20-44-50(35)40-17-7-16-38-37-15-5-10-32-11-6-19-43(49(32)37)59(44)52(38)40/h1-30H. The van der Waals surface area contributed by atoms with Gasteiger partial charge in [-0.15, -0.1) is 22.7 Å². The van der Waals surface area contributed by atoms with Crippen LogP contribution in [-0.4, -0.2) is 19.4 Å². The topological polar surface area (TPSA) is 43.1 Å². The van der Waals surface area contributed by atoms with E-state index < -0.39 is 0 Å². The van der Waals surface area contributed by atoms with Crippen LogP contribution in [0.2, 0.25) is 0 Å². The Kier molecular flexibility index (Phi) is 6.83. The fourth-order valence-electron chi connectivity index (χ4n) is 9.94. The zero-order valence-electron chi connectivity index (χ0n) is 32.4. The molecule has 0 aliphatic carbocycles. The van der Waals surface area contributed by atoms with Gasteiger partial charge in [0.25, 0.3) is 0 Å². The van der Waals surface area contributed by atoms with Gasteiger partial charge in [0.1, 0.15) is 0 Å². The molecule has 4 nitrogen and oxygen atoms in total. The molecule has 0 radical (unpaired) electrons. The minimum absolute atomic E-state index is 0.648. The first-order chi connectivity index (χ1) is 30.2. The van der Waals surface area contributed by atoms with E-state index in [2.05, 4.69) is 186 Å². The number of fused-ring (bicyclic) bond motifs is 11. The number of pyridine rings is 1. The van der Waals surface area contributed by atoms with Crippen molar-refractivity contribution in [3.8, 4) is 45.3 Å². The Balaban J connectivity index is 0.964. The van der Waals surface area contributed by atoms with Crippen molar-refractivity contribution >= 4 is 112 Å². The average Bonchev–Trinajstić information content (AvgIpc) is 4.01. The summed E-state index contributed by atoms with van der Waals surface area (Å²) < 4.78 is 7.48. The number of aromatic nitrogens is 4. The van der Waals surface area contributed by atoms with Crippen LogP contribution in [0.4, 0.5) is 0 Å². The van der Waals surface area contributed by atoms with Crippen LogP contribution in [0.25, 0.3) is 135 Å². The molecule has 0 aliphatic heterocycles. The van der Waals surface area contributed by atoms with E-state index in [0.29, 0.717) is 17.5 Å². The van der Waals surface area contributed by atoms with Gasteiger partial charge in [0.2, 0.25) is 0 Å². The number of para-hydroxylation sites is 1. The largest absolute Gasteiger partial charge is 0.308 e. The lowest BCUT2D eigenvalue weighted by molar-refractivity contribution is 1.08. The lowest BCUT2D eigenvalue weighted by atomic mass is 9.97. The highest BCUT2D eigenvalue weighted by Gasteiger charge is 2.21. The Hall–Kier alpha value is -7.51. The van der Waals surface area contributed by atoms with E-state index in [1.807, 2.05) is 22.7 Å². The lowest BCUT2D eigenvalue weighted by Gasteiger charge is -2.12. The number of nitrogens with zero attached hydrogens (tertiary/aromatic N) is 4. The first-order valence-corrected chi connectivity index (χ1v) is 22.1. The van der Waals surface area contributed by atoms with E-state index in [9.17, 15) is 0 Å². The number of hydrogen-bond donors (Lipinski definition) is 0. The molecule has 0 saturated heterocycles. The Labute approximate surface area is 356 Å². The normalized spacial score (nSPS) is 12.3. The molecule has 0 aliphatic rings. The predicted octanol–water partition coefficient (Wildman–Crippen LogP) is 15.6. The van der Waals surface area contributed by atoms with Crippen LogP contribution in [0.5, 0.6) is 0 Å². The summed E-state index contributed by atoms with van der Waals surface area (Å²) in [6, 6.07) is 66.0. The van der Waals surface area contributed by atoms with Crippen molar-refractivity contribution in [3.05, 3.63) is 182 Å². The van der Waals surface area contributed by atoms with E-state index >= 15 is 0 Å². The van der Waals surface area contributed by atoms with Gasteiger partial charge >= 0.3 is 0 Å². The van der Waals surface area contributed by atoms with Gasteiger partial charge in [-0.1, -0.05) is 133 Å². The SMILES string of the molecule is c1ccc2c(c1)sc1ccc(-c3nc(-c4ccc(-c5cccc6c5c5cccc7c8cccc9cccc(c98)n6c75)cc4)nc(-c4cccc5sc6ccccc6c45)n3)cc12. The maximum Gasteiger partial charge on any atom is 0.164 e. The zero-order chi connectivity index (χ0) is 39.8. The fraction of sp³-hybridized carbons (Fsp3) is 0. The summed E-state index contributed by atoms with van der Waals surface area (Å²) in [5.41, 5.74) is 8.98. The Bertz CT molecular complexity index is 4110. The molecule has 0 amide bonds. The van der Waals surface area contributed by atoms with Gasteiger partial charge in [-0.25, -0.2) is 15.0 Å². The summed E-state index contributed by atoms with van der Waals surface area (Å²) in [6.45, 7) is 0. The Morgan fingerprint density at radius 1 is 0.328 bits per heavy atom. The zero-order valence-corrected chi connectivity index (χ0v) is 34.1. The van der Waals surface area contributed by atoms with Gasteiger partial charge in [0.05, 0.1) is 16.6 Å². The van der Waals surface area contributed by atoms with Crippen molar-refractivity contribution in [2.45, 2.75) is 0 Å². The molecule has 14 rings (SSSR count). The Morgan fingerprint density at radius 2 is 0.885 bits per heavy atom. The number of thiophene rings is 2. The van der Waals surface area contributed by atoms with Gasteiger partial charge in [-0.2, -0.15) is 0 Å². The molecular formula is C55H30N4S2. The molecule has 61 heavy (non-hydrogen) atoms. The summed E-state index contributed by atoms with van der Waals surface area (Å²) in [5, 5.41) is 12.5. The van der Waals surface area contributed by atoms with Crippen LogP contribution < -0.4 is 0 Å². The molecule has 6 heteroatoms. The van der Waals surface area contributed by atoms with Crippen LogP contribution >= 0.6 is 22.7 Å². The molecular weight excluding hydrogens is 781 g/mol. The van der Waals surface area contributed by atoms with Crippen molar-refractivity contribution in [3.63, 3.8) is 0 Å². The highest BCUT2D eigenvalue weighted by molar-refractivity contribution is 7.26. The van der Waals surface area contributed by atoms with Gasteiger partial charge in [-0.05, 0) is 70.4 Å². The van der Waals surface area contributed by atoms with Crippen molar-refractivity contribution in [1.82, 2.24) is 19.4 Å². The molecule has 0 fully saturated rings. The van der Waals surface area contributed by atoms with Gasteiger partial charge in [0.15, 0.2) is 17.5 Å². The van der Waals surface area contributed by atoms with Crippen molar-refractivity contribution in [2.75, 3.05) is 0 Å². The molecule has 0 saturated carbocycles. The molecule has 0 atom stereocenters. The number of benzene rings is 9. The quantitative estimate of drug-likeness (QED) is 0.131. The third kappa shape index (κ3) is 4.77. The van der Waals surface area contributed by atoms with Crippen LogP contribution in [0.1, 0.15) is 0 Å². The maximum absolute atomic E-state index is 5.28. The molecule has 0 spiro atoms. The highest BCUT2D eigenvalue weighted by Crippen LogP contribution is 2.44. The fourth-order valence-corrected chi connectivity index (χ4v) is 12.2. The molecule has 5 aromatic heterocycles. The molecule has 0 N–H and O–H groups in total. The van der Waals surface area contributed by atoms with E-state index in [4.69, 9.17) is 15.0 Å². The van der Waals surface area contributed by atoms with Crippen LogP contribution in [0.15, 0.2) is 182 Å². The predicted molar refractivity (Wildman–Crippen MR) is 260 cm³/mol. The van der Waals surface area contributed by atoms with Crippen LogP contribution in [0, 0.1) is 0 Å². The van der Waals surface area contributed by atoms with Crippen LogP contribution in [-0.2, 0) is 0 Å². The van der Waals surface area contributed by atoms with Crippen LogP contribution in [0.3, 0.4) is 0 Å². The van der Waals surface area contributed by atoms with E-state index in [0.717, 1.165) is 22.3 Å². The molecule has 9 aromatic carbocycles. The first kappa shape index (κ1) is 33.3. The summed E-state index contributed by atoms with van der Waals surface area (Å²) in [7, 11) is 0. The monoisotopic (exact) mass is 810 g/mol. The van der Waals surface area contributed by atoms with E-state index in [-0.39, 0.29) is 0 Å². The molecule has 0 unspecified atom stereocenters. The summed E-state index contributed by atoms with van der Waals surface area (Å²) >= 11 is 3.63. The molecule has 0 bridgehead atoms. The maximum atomic E-state index is 5.28. The third-order valence-corrected chi connectivity index (χ3v) is 14.9. The smallest absolute Gasteiger partial charge is 0.164 e.